The summed E-state index contributed by atoms with van der Waals surface area (Å²) in [5.74, 6) is 0.00480. The Morgan fingerprint density at radius 2 is 2.00 bits per heavy atom. The first kappa shape index (κ1) is 10.7. The summed E-state index contributed by atoms with van der Waals surface area (Å²) >= 11 is 7.30. The van der Waals surface area contributed by atoms with E-state index >= 15 is 0 Å². The van der Waals surface area contributed by atoms with E-state index in [-0.39, 0.29) is 11.8 Å². The van der Waals surface area contributed by atoms with E-state index in [2.05, 4.69) is 28.6 Å². The van der Waals surface area contributed by atoms with E-state index < -0.39 is 0 Å². The Hall–Kier alpha value is -0.810. The van der Waals surface area contributed by atoms with Crippen molar-refractivity contribution in [3.05, 3.63) is 33.8 Å². The molecule has 15 heavy (non-hydrogen) atoms. The number of imide groups is 1. The lowest BCUT2D eigenvalue weighted by atomic mass is 10.1. The van der Waals surface area contributed by atoms with Gasteiger partial charge in [-0.05, 0) is 28.1 Å². The molecule has 0 fully saturated rings. The van der Waals surface area contributed by atoms with Crippen LogP contribution in [0.2, 0.25) is 0 Å². The molecule has 0 unspecified atom stereocenters. The van der Waals surface area contributed by atoms with E-state index in [1.54, 1.807) is 18.2 Å². The summed E-state index contributed by atoms with van der Waals surface area (Å²) < 4.78 is 0.667. The van der Waals surface area contributed by atoms with Crippen molar-refractivity contribution in [1.29, 1.82) is 0 Å². The lowest BCUT2D eigenvalue weighted by molar-refractivity contribution is 0.0664. The standard InChI is InChI=1S/C10H8BrNO2S/c11-7-3-1-2-6-8(7)10(14)12(4-5-15)9(6)13/h1-3,15H,4-5H2. The van der Waals surface area contributed by atoms with Crippen molar-refractivity contribution in [2.24, 2.45) is 0 Å². The molecule has 0 aromatic heterocycles. The van der Waals surface area contributed by atoms with Crippen molar-refractivity contribution in [1.82, 2.24) is 4.90 Å². The van der Waals surface area contributed by atoms with Gasteiger partial charge in [0.05, 0.1) is 11.1 Å². The highest BCUT2D eigenvalue weighted by Crippen LogP contribution is 2.29. The third-order valence-corrected chi connectivity index (χ3v) is 3.13. The van der Waals surface area contributed by atoms with Gasteiger partial charge in [-0.15, -0.1) is 0 Å². The summed E-state index contributed by atoms with van der Waals surface area (Å²) in [6.07, 6.45) is 0. The molecule has 3 nitrogen and oxygen atoms in total. The summed E-state index contributed by atoms with van der Waals surface area (Å²) in [4.78, 5) is 24.9. The SMILES string of the molecule is O=C1c2cccc(Br)c2C(=O)N1CCS. The van der Waals surface area contributed by atoms with Gasteiger partial charge in [-0.2, -0.15) is 12.6 Å². The number of hydrogen-bond acceptors (Lipinski definition) is 3. The van der Waals surface area contributed by atoms with Gasteiger partial charge in [-0.1, -0.05) is 6.07 Å². The van der Waals surface area contributed by atoms with Crippen molar-refractivity contribution in [2.45, 2.75) is 0 Å². The molecule has 0 aliphatic carbocycles. The molecular weight excluding hydrogens is 278 g/mol. The second-order valence-corrected chi connectivity index (χ2v) is 4.45. The van der Waals surface area contributed by atoms with Crippen LogP contribution >= 0.6 is 28.6 Å². The molecule has 1 aliphatic heterocycles. The summed E-state index contributed by atoms with van der Waals surface area (Å²) in [5.41, 5.74) is 0.931. The van der Waals surface area contributed by atoms with Crippen molar-refractivity contribution >= 4 is 40.4 Å². The monoisotopic (exact) mass is 285 g/mol. The Morgan fingerprint density at radius 3 is 2.60 bits per heavy atom. The molecule has 5 heteroatoms. The first-order valence-corrected chi connectivity index (χ1v) is 5.85. The predicted octanol–water partition coefficient (Wildman–Crippen LogP) is 1.97. The lowest BCUT2D eigenvalue weighted by Crippen LogP contribution is -2.31. The van der Waals surface area contributed by atoms with E-state index in [4.69, 9.17) is 0 Å². The summed E-state index contributed by atoms with van der Waals surface area (Å²) in [6, 6.07) is 5.17. The maximum atomic E-state index is 11.9. The zero-order valence-corrected chi connectivity index (χ0v) is 10.2. The quantitative estimate of drug-likeness (QED) is 0.666. The van der Waals surface area contributed by atoms with Gasteiger partial charge in [-0.3, -0.25) is 14.5 Å². The van der Waals surface area contributed by atoms with Gasteiger partial charge in [0.1, 0.15) is 0 Å². The van der Waals surface area contributed by atoms with Crippen molar-refractivity contribution < 1.29 is 9.59 Å². The van der Waals surface area contributed by atoms with E-state index in [0.717, 1.165) is 0 Å². The Kier molecular flexibility index (Phi) is 2.84. The minimum atomic E-state index is -0.239. The number of nitrogens with zero attached hydrogens (tertiary/aromatic N) is 1. The van der Waals surface area contributed by atoms with Crippen LogP contribution in [-0.2, 0) is 0 Å². The Balaban J connectivity index is 2.51. The molecule has 0 saturated carbocycles. The molecule has 0 radical (unpaired) electrons. The molecule has 1 aliphatic rings. The van der Waals surface area contributed by atoms with Crippen LogP contribution in [0.15, 0.2) is 22.7 Å². The van der Waals surface area contributed by atoms with Gasteiger partial charge in [0.2, 0.25) is 0 Å². The van der Waals surface area contributed by atoms with Gasteiger partial charge >= 0.3 is 0 Å². The molecule has 1 heterocycles. The zero-order chi connectivity index (χ0) is 11.0. The van der Waals surface area contributed by atoms with E-state index in [1.807, 2.05) is 0 Å². The molecular formula is C10H8BrNO2S. The van der Waals surface area contributed by atoms with Gasteiger partial charge in [-0.25, -0.2) is 0 Å². The predicted molar refractivity (Wildman–Crippen MR) is 63.4 cm³/mol. The molecule has 78 valence electrons. The maximum Gasteiger partial charge on any atom is 0.262 e. The molecule has 1 aromatic carbocycles. The first-order chi connectivity index (χ1) is 7.16. The molecule has 0 spiro atoms. The molecule has 0 atom stereocenters. The average Bonchev–Trinajstić information content (AvgIpc) is 2.45. The highest BCUT2D eigenvalue weighted by molar-refractivity contribution is 9.10. The van der Waals surface area contributed by atoms with Crippen LogP contribution in [0.5, 0.6) is 0 Å². The molecule has 2 rings (SSSR count). The second kappa shape index (κ2) is 3.98. The molecule has 1 aromatic rings. The second-order valence-electron chi connectivity index (χ2n) is 3.15. The molecule has 2 amide bonds. The summed E-state index contributed by atoms with van der Waals surface area (Å²) in [7, 11) is 0. The fourth-order valence-corrected chi connectivity index (χ4v) is 2.33. The topological polar surface area (TPSA) is 37.4 Å². The van der Waals surface area contributed by atoms with Crippen LogP contribution in [0.4, 0.5) is 0 Å². The number of halogens is 1. The van der Waals surface area contributed by atoms with Crippen molar-refractivity contribution in [3.63, 3.8) is 0 Å². The third-order valence-electron chi connectivity index (χ3n) is 2.27. The van der Waals surface area contributed by atoms with Crippen LogP contribution in [0.1, 0.15) is 20.7 Å². The van der Waals surface area contributed by atoms with Crippen LogP contribution in [0, 0.1) is 0 Å². The number of hydrogen-bond donors (Lipinski definition) is 1. The van der Waals surface area contributed by atoms with Crippen LogP contribution < -0.4 is 0 Å². The van der Waals surface area contributed by atoms with Gasteiger partial charge in [0.15, 0.2) is 0 Å². The summed E-state index contributed by atoms with van der Waals surface area (Å²) in [5, 5.41) is 0. The Morgan fingerprint density at radius 1 is 1.27 bits per heavy atom. The smallest absolute Gasteiger partial charge is 0.262 e. The van der Waals surface area contributed by atoms with E-state index in [1.165, 1.54) is 4.90 Å². The zero-order valence-electron chi connectivity index (χ0n) is 7.74. The fourth-order valence-electron chi connectivity index (χ4n) is 1.60. The Labute approximate surface area is 101 Å². The maximum absolute atomic E-state index is 11.9. The number of carbonyl (C=O) groups excluding carboxylic acids is 2. The van der Waals surface area contributed by atoms with E-state index in [9.17, 15) is 9.59 Å². The highest BCUT2D eigenvalue weighted by Gasteiger charge is 2.36. The molecule has 0 bridgehead atoms. The fraction of sp³-hybridized carbons (Fsp3) is 0.200. The number of rotatable bonds is 2. The minimum Gasteiger partial charge on any atom is -0.273 e. The molecule has 0 saturated heterocycles. The van der Waals surface area contributed by atoms with Gasteiger partial charge in [0, 0.05) is 16.8 Å². The van der Waals surface area contributed by atoms with Crippen LogP contribution in [0.3, 0.4) is 0 Å². The normalized spacial score (nSPS) is 14.7. The minimum absolute atomic E-state index is 0.231. The number of thiol groups is 1. The van der Waals surface area contributed by atoms with Crippen molar-refractivity contribution in [2.75, 3.05) is 12.3 Å². The highest BCUT2D eigenvalue weighted by atomic mass is 79.9. The first-order valence-electron chi connectivity index (χ1n) is 4.42. The number of amides is 2. The lowest BCUT2D eigenvalue weighted by Gasteiger charge is -2.10. The van der Waals surface area contributed by atoms with Gasteiger partial charge < -0.3 is 0 Å². The number of fused-ring (bicyclic) bond motifs is 1. The largest absolute Gasteiger partial charge is 0.273 e. The number of benzene rings is 1. The Bertz CT molecular complexity index is 447. The average molecular weight is 286 g/mol. The summed E-state index contributed by atoms with van der Waals surface area (Å²) in [6.45, 7) is 0.349. The number of carbonyl (C=O) groups is 2. The van der Waals surface area contributed by atoms with Crippen molar-refractivity contribution in [3.8, 4) is 0 Å². The van der Waals surface area contributed by atoms with E-state index in [0.29, 0.717) is 27.9 Å². The third kappa shape index (κ3) is 1.59. The van der Waals surface area contributed by atoms with Gasteiger partial charge in [0.25, 0.3) is 11.8 Å². The van der Waals surface area contributed by atoms with Crippen LogP contribution in [0.25, 0.3) is 0 Å². The van der Waals surface area contributed by atoms with Crippen LogP contribution in [-0.4, -0.2) is 29.0 Å². The molecule has 0 N–H and O–H groups in total.